The van der Waals surface area contributed by atoms with Crippen molar-refractivity contribution in [1.29, 1.82) is 0 Å². The van der Waals surface area contributed by atoms with Crippen LogP contribution in [0, 0.1) is 10.1 Å². The van der Waals surface area contributed by atoms with E-state index in [1.54, 1.807) is 12.1 Å². The van der Waals surface area contributed by atoms with E-state index in [9.17, 15) is 23.6 Å². The molecule has 3 rings (SSSR count). The number of non-ortho nitro benzene ring substituents is 1. The number of sulfonamides is 1. The SMILES string of the molecule is O=[N+]([O-])c1ccc([O-])c(C=Nc2cccc(S(=O)(=O)N3CCCC3)c2)c1. The molecule has 1 aliphatic heterocycles. The van der Waals surface area contributed by atoms with Crippen molar-refractivity contribution in [3.8, 4) is 5.75 Å². The summed E-state index contributed by atoms with van der Waals surface area (Å²) in [7, 11) is -3.56. The maximum Gasteiger partial charge on any atom is 0.270 e. The third-order valence-corrected chi connectivity index (χ3v) is 5.97. The molecule has 0 N–H and O–H groups in total. The lowest BCUT2D eigenvalue weighted by molar-refractivity contribution is -0.385. The molecule has 0 aliphatic carbocycles. The van der Waals surface area contributed by atoms with Gasteiger partial charge in [-0.2, -0.15) is 4.31 Å². The van der Waals surface area contributed by atoms with Crippen LogP contribution < -0.4 is 5.11 Å². The summed E-state index contributed by atoms with van der Waals surface area (Å²) in [6.45, 7) is 1.01. The predicted octanol–water partition coefficient (Wildman–Crippen LogP) is 2.20. The van der Waals surface area contributed by atoms with E-state index in [1.165, 1.54) is 22.7 Å². The summed E-state index contributed by atoms with van der Waals surface area (Å²) in [5.41, 5.74) is 0.194. The molecule has 9 heteroatoms. The molecule has 0 amide bonds. The van der Waals surface area contributed by atoms with Crippen LogP contribution in [0.2, 0.25) is 0 Å². The second kappa shape index (κ2) is 7.22. The van der Waals surface area contributed by atoms with E-state index in [2.05, 4.69) is 4.99 Å². The molecule has 0 atom stereocenters. The van der Waals surface area contributed by atoms with E-state index in [1.807, 2.05) is 0 Å². The van der Waals surface area contributed by atoms with Crippen molar-refractivity contribution >= 4 is 27.6 Å². The Morgan fingerprint density at radius 2 is 1.85 bits per heavy atom. The van der Waals surface area contributed by atoms with Crippen LogP contribution in [0.1, 0.15) is 18.4 Å². The van der Waals surface area contributed by atoms with E-state index < -0.39 is 20.7 Å². The average molecular weight is 374 g/mol. The molecule has 136 valence electrons. The Morgan fingerprint density at radius 1 is 1.12 bits per heavy atom. The molecule has 0 saturated carbocycles. The molecule has 8 nitrogen and oxygen atoms in total. The van der Waals surface area contributed by atoms with E-state index in [0.717, 1.165) is 31.0 Å². The lowest BCUT2D eigenvalue weighted by Crippen LogP contribution is -2.27. The van der Waals surface area contributed by atoms with Gasteiger partial charge in [0, 0.05) is 31.4 Å². The minimum Gasteiger partial charge on any atom is -0.872 e. The molecule has 2 aromatic rings. The van der Waals surface area contributed by atoms with Crippen LogP contribution in [0.3, 0.4) is 0 Å². The normalized spacial score (nSPS) is 15.5. The molecule has 0 spiro atoms. The summed E-state index contributed by atoms with van der Waals surface area (Å²) in [6, 6.07) is 9.46. The van der Waals surface area contributed by atoms with Gasteiger partial charge in [0.05, 0.1) is 15.5 Å². The van der Waals surface area contributed by atoms with Crippen LogP contribution in [0.15, 0.2) is 52.4 Å². The highest BCUT2D eigenvalue weighted by Gasteiger charge is 2.27. The monoisotopic (exact) mass is 374 g/mol. The number of benzene rings is 2. The van der Waals surface area contributed by atoms with Gasteiger partial charge in [0.1, 0.15) is 0 Å². The highest BCUT2D eigenvalue weighted by molar-refractivity contribution is 7.89. The first-order valence-corrected chi connectivity index (χ1v) is 9.42. The van der Waals surface area contributed by atoms with Crippen molar-refractivity contribution in [2.24, 2.45) is 4.99 Å². The van der Waals surface area contributed by atoms with Gasteiger partial charge in [-0.25, -0.2) is 8.42 Å². The molecule has 2 aromatic carbocycles. The van der Waals surface area contributed by atoms with Gasteiger partial charge in [0.25, 0.3) is 5.69 Å². The maximum absolute atomic E-state index is 12.6. The fraction of sp³-hybridized carbons (Fsp3) is 0.235. The molecule has 0 unspecified atom stereocenters. The average Bonchev–Trinajstić information content (AvgIpc) is 3.16. The van der Waals surface area contributed by atoms with Gasteiger partial charge in [0.2, 0.25) is 10.0 Å². The number of nitrogens with zero attached hydrogens (tertiary/aromatic N) is 3. The summed E-state index contributed by atoms with van der Waals surface area (Å²) in [4.78, 5) is 14.5. The van der Waals surface area contributed by atoms with Crippen molar-refractivity contribution in [3.05, 3.63) is 58.1 Å². The molecule has 0 radical (unpaired) electrons. The molecular formula is C17H16N3O5S-. The van der Waals surface area contributed by atoms with Gasteiger partial charge in [-0.1, -0.05) is 17.9 Å². The third-order valence-electron chi connectivity index (χ3n) is 4.08. The predicted molar refractivity (Wildman–Crippen MR) is 94.2 cm³/mol. The van der Waals surface area contributed by atoms with Crippen molar-refractivity contribution in [1.82, 2.24) is 4.31 Å². The topological polar surface area (TPSA) is 116 Å². The zero-order valence-corrected chi connectivity index (χ0v) is 14.6. The molecule has 0 bridgehead atoms. The quantitative estimate of drug-likeness (QED) is 0.452. The lowest BCUT2D eigenvalue weighted by Gasteiger charge is -2.15. The number of rotatable bonds is 5. The maximum atomic E-state index is 12.6. The Bertz CT molecular complexity index is 966. The van der Waals surface area contributed by atoms with E-state index in [4.69, 9.17) is 0 Å². The largest absolute Gasteiger partial charge is 0.872 e. The van der Waals surface area contributed by atoms with Crippen molar-refractivity contribution in [2.45, 2.75) is 17.7 Å². The first kappa shape index (κ1) is 18.0. The highest BCUT2D eigenvalue weighted by Crippen LogP contribution is 2.25. The summed E-state index contributed by atoms with van der Waals surface area (Å²) < 4.78 is 26.6. The van der Waals surface area contributed by atoms with Crippen LogP contribution in [0.25, 0.3) is 0 Å². The highest BCUT2D eigenvalue weighted by atomic mass is 32.2. The Labute approximate surface area is 150 Å². The van der Waals surface area contributed by atoms with Crippen molar-refractivity contribution < 1.29 is 18.4 Å². The number of nitro groups is 1. The molecule has 1 heterocycles. The molecule has 1 aliphatic rings. The number of hydrogen-bond donors (Lipinski definition) is 0. The number of hydrogen-bond acceptors (Lipinski definition) is 6. The van der Waals surface area contributed by atoms with E-state index >= 15 is 0 Å². The lowest BCUT2D eigenvalue weighted by atomic mass is 10.2. The van der Waals surface area contributed by atoms with Gasteiger partial charge < -0.3 is 5.11 Å². The Hall–Kier alpha value is -2.78. The van der Waals surface area contributed by atoms with Crippen LogP contribution in [-0.2, 0) is 10.0 Å². The molecule has 1 fully saturated rings. The molecule has 26 heavy (non-hydrogen) atoms. The fourth-order valence-corrected chi connectivity index (χ4v) is 4.25. The summed E-state index contributed by atoms with van der Waals surface area (Å²) in [5.74, 6) is -0.403. The summed E-state index contributed by atoms with van der Waals surface area (Å²) >= 11 is 0. The fourth-order valence-electron chi connectivity index (χ4n) is 2.70. The first-order chi connectivity index (χ1) is 12.4. The van der Waals surface area contributed by atoms with Crippen molar-refractivity contribution in [2.75, 3.05) is 13.1 Å². The molecular weight excluding hydrogens is 358 g/mol. The van der Waals surface area contributed by atoms with Crippen molar-refractivity contribution in [3.63, 3.8) is 0 Å². The minimum absolute atomic E-state index is 0.0620. The van der Waals surface area contributed by atoms with Gasteiger partial charge in [-0.05, 0) is 36.6 Å². The first-order valence-electron chi connectivity index (χ1n) is 7.98. The van der Waals surface area contributed by atoms with Gasteiger partial charge in [-0.3, -0.25) is 15.1 Å². The van der Waals surface area contributed by atoms with E-state index in [0.29, 0.717) is 18.8 Å². The smallest absolute Gasteiger partial charge is 0.270 e. The minimum atomic E-state index is -3.56. The Morgan fingerprint density at radius 3 is 2.54 bits per heavy atom. The zero-order valence-electron chi connectivity index (χ0n) is 13.7. The second-order valence-corrected chi connectivity index (χ2v) is 7.78. The molecule has 0 aromatic heterocycles. The number of nitro benzene ring substituents is 1. The van der Waals surface area contributed by atoms with Crippen LogP contribution in [0.5, 0.6) is 5.75 Å². The third kappa shape index (κ3) is 3.73. The Kier molecular flexibility index (Phi) is 5.01. The van der Waals surface area contributed by atoms with Crippen LogP contribution in [0.4, 0.5) is 11.4 Å². The van der Waals surface area contributed by atoms with Crippen LogP contribution >= 0.6 is 0 Å². The summed E-state index contributed by atoms with van der Waals surface area (Å²) in [5, 5.41) is 22.6. The summed E-state index contributed by atoms with van der Waals surface area (Å²) in [6.07, 6.45) is 2.89. The standard InChI is InChI=1S/C17H17N3O5S/c21-17-7-6-15(20(22)23)10-13(17)12-18-14-4-3-5-16(11-14)26(24,25)19-8-1-2-9-19/h3-7,10-12,21H,1-2,8-9H2/p-1. The zero-order chi connectivity index (χ0) is 18.7. The van der Waals surface area contributed by atoms with E-state index in [-0.39, 0.29) is 16.1 Å². The second-order valence-electron chi connectivity index (χ2n) is 5.85. The van der Waals surface area contributed by atoms with Crippen LogP contribution in [-0.4, -0.2) is 37.0 Å². The van der Waals surface area contributed by atoms with Gasteiger partial charge >= 0.3 is 0 Å². The number of aliphatic imine (C=N–C) groups is 1. The Balaban J connectivity index is 1.89. The van der Waals surface area contributed by atoms with Gasteiger partial charge in [-0.15, -0.1) is 0 Å². The van der Waals surface area contributed by atoms with Gasteiger partial charge in [0.15, 0.2) is 0 Å². The molecule has 1 saturated heterocycles.